The van der Waals surface area contributed by atoms with Crippen LogP contribution in [0.3, 0.4) is 0 Å². The minimum Gasteiger partial charge on any atom is -0.382 e. The summed E-state index contributed by atoms with van der Waals surface area (Å²) in [7, 11) is -3.85. The molecular weight excluding hydrogens is 546 g/mol. The number of aromatic nitrogens is 1. The Labute approximate surface area is 244 Å². The molecule has 0 saturated heterocycles. The first-order valence-electron chi connectivity index (χ1n) is 13.7. The molecule has 216 valence electrons. The van der Waals surface area contributed by atoms with Gasteiger partial charge in [0.1, 0.15) is 0 Å². The maximum atomic E-state index is 13.7. The Hall–Kier alpha value is -2.91. The van der Waals surface area contributed by atoms with Crippen molar-refractivity contribution < 1.29 is 17.9 Å². The average molecular weight is 586 g/mol. The van der Waals surface area contributed by atoms with Crippen LogP contribution in [-0.4, -0.2) is 60.9 Å². The molecule has 9 heteroatoms. The van der Waals surface area contributed by atoms with Gasteiger partial charge in [0, 0.05) is 55.2 Å². The first-order chi connectivity index (χ1) is 19.2. The lowest BCUT2D eigenvalue weighted by Gasteiger charge is -2.28. The van der Waals surface area contributed by atoms with Crippen molar-refractivity contribution in [2.45, 2.75) is 40.3 Å². The molecule has 0 atom stereocenters. The molecule has 3 rings (SSSR count). The molecule has 0 spiro atoms. The summed E-state index contributed by atoms with van der Waals surface area (Å²) in [6.45, 7) is 8.34. The fourth-order valence-corrected chi connectivity index (χ4v) is 5.67. The van der Waals surface area contributed by atoms with Gasteiger partial charge in [0.15, 0.2) is 0 Å². The van der Waals surface area contributed by atoms with Crippen LogP contribution < -0.4 is 0 Å². The van der Waals surface area contributed by atoms with Gasteiger partial charge in [-0.2, -0.15) is 4.31 Å². The zero-order valence-corrected chi connectivity index (χ0v) is 25.2. The van der Waals surface area contributed by atoms with E-state index in [9.17, 15) is 13.2 Å². The third-order valence-electron chi connectivity index (χ3n) is 6.32. The van der Waals surface area contributed by atoms with E-state index in [4.69, 9.17) is 16.3 Å². The molecule has 0 N–H and O–H groups in total. The monoisotopic (exact) mass is 585 g/mol. The summed E-state index contributed by atoms with van der Waals surface area (Å²) in [5.41, 5.74) is 2.70. The molecule has 0 saturated carbocycles. The zero-order valence-electron chi connectivity index (χ0n) is 23.6. The van der Waals surface area contributed by atoms with E-state index < -0.39 is 10.0 Å². The maximum Gasteiger partial charge on any atom is 0.238 e. The number of hydrogen-bond acceptors (Lipinski definition) is 4. The Morgan fingerprint density at radius 1 is 1.05 bits per heavy atom. The van der Waals surface area contributed by atoms with Crippen LogP contribution in [0.2, 0.25) is 5.02 Å². The smallest absolute Gasteiger partial charge is 0.238 e. The van der Waals surface area contributed by atoms with Crippen LogP contribution >= 0.6 is 11.6 Å². The highest BCUT2D eigenvalue weighted by atomic mass is 35.5. The van der Waals surface area contributed by atoms with Crippen molar-refractivity contribution in [2.24, 2.45) is 5.92 Å². The fraction of sp³-hybridized carbons (Fsp3) is 0.387. The summed E-state index contributed by atoms with van der Waals surface area (Å²) < 4.78 is 35.5. The Balaban J connectivity index is 1.79. The lowest BCUT2D eigenvalue weighted by Crippen LogP contribution is -2.44. The molecule has 0 aliphatic heterocycles. The number of hydrogen-bond donors (Lipinski definition) is 0. The van der Waals surface area contributed by atoms with Gasteiger partial charge >= 0.3 is 0 Å². The molecule has 40 heavy (non-hydrogen) atoms. The minimum atomic E-state index is -3.85. The second kappa shape index (κ2) is 15.8. The van der Waals surface area contributed by atoms with Crippen LogP contribution in [0.4, 0.5) is 0 Å². The Morgan fingerprint density at radius 2 is 1.77 bits per heavy atom. The van der Waals surface area contributed by atoms with E-state index in [2.05, 4.69) is 4.57 Å². The van der Waals surface area contributed by atoms with E-state index in [0.29, 0.717) is 44.3 Å². The molecule has 0 unspecified atom stereocenters. The van der Waals surface area contributed by atoms with Crippen LogP contribution in [0.15, 0.2) is 78.3 Å². The summed E-state index contributed by atoms with van der Waals surface area (Å²) in [6, 6.07) is 20.9. The molecule has 0 radical (unpaired) electrons. The highest BCUT2D eigenvalue weighted by molar-refractivity contribution is 7.92. The maximum absolute atomic E-state index is 13.7. The summed E-state index contributed by atoms with van der Waals surface area (Å²) >= 11 is 6.39. The number of amides is 1. The summed E-state index contributed by atoms with van der Waals surface area (Å²) in [5.74, 6) is -0.0378. The van der Waals surface area contributed by atoms with Crippen molar-refractivity contribution in [3.8, 4) is 0 Å². The molecule has 1 amide bonds. The number of ether oxygens (including phenoxy) is 1. The number of benzene rings is 2. The van der Waals surface area contributed by atoms with Gasteiger partial charge in [-0.05, 0) is 54.7 Å². The molecule has 2 aromatic carbocycles. The SMILES string of the molecule is CCOCCCN(CC(=O)N(Cc1cccn1Cc1ccccc1Cl)CC(C)C)S(=O)(=O)/C=C/c1ccccc1. The third kappa shape index (κ3) is 9.93. The van der Waals surface area contributed by atoms with E-state index in [1.54, 1.807) is 11.0 Å². The zero-order chi connectivity index (χ0) is 29.0. The highest BCUT2D eigenvalue weighted by Gasteiger charge is 2.26. The molecule has 1 aromatic heterocycles. The lowest BCUT2D eigenvalue weighted by atomic mass is 10.2. The second-order valence-corrected chi connectivity index (χ2v) is 12.3. The number of carbonyl (C=O) groups is 1. The van der Waals surface area contributed by atoms with Crippen molar-refractivity contribution >= 4 is 33.6 Å². The summed E-state index contributed by atoms with van der Waals surface area (Å²) in [6.07, 6.45) is 4.02. The normalized spacial score (nSPS) is 12.1. The largest absolute Gasteiger partial charge is 0.382 e. The molecule has 7 nitrogen and oxygen atoms in total. The number of sulfonamides is 1. The minimum absolute atomic E-state index is 0.186. The van der Waals surface area contributed by atoms with E-state index in [-0.39, 0.29) is 24.9 Å². The molecular formula is C31H40ClN3O4S. The topological polar surface area (TPSA) is 71.8 Å². The lowest BCUT2D eigenvalue weighted by molar-refractivity contribution is -0.132. The number of nitrogens with zero attached hydrogens (tertiary/aromatic N) is 3. The standard InChI is InChI=1S/C31H40ClN3O4S/c1-4-39-20-11-19-35(40(37,38)21-17-27-12-6-5-7-13-27)25-31(36)34(22-26(2)3)24-29-15-10-18-33(29)23-28-14-8-9-16-30(28)32/h5-10,12-18,21,26H,4,11,19-20,22-25H2,1-3H3/b21-17+. The van der Waals surface area contributed by atoms with E-state index in [1.807, 2.05) is 93.7 Å². The van der Waals surface area contributed by atoms with Crippen LogP contribution in [0.1, 0.15) is 44.0 Å². The predicted octanol–water partition coefficient (Wildman–Crippen LogP) is 5.90. The average Bonchev–Trinajstić information content (AvgIpc) is 3.36. The van der Waals surface area contributed by atoms with Crippen molar-refractivity contribution in [1.29, 1.82) is 0 Å². The van der Waals surface area contributed by atoms with Crippen molar-refractivity contribution in [3.63, 3.8) is 0 Å². The van der Waals surface area contributed by atoms with Crippen LogP contribution in [0.5, 0.6) is 0 Å². The Morgan fingerprint density at radius 3 is 2.48 bits per heavy atom. The Bertz CT molecular complexity index is 1340. The molecule has 0 aliphatic rings. The highest BCUT2D eigenvalue weighted by Crippen LogP contribution is 2.19. The van der Waals surface area contributed by atoms with Crippen molar-refractivity contribution in [3.05, 3.63) is 100 Å². The second-order valence-electron chi connectivity index (χ2n) is 10.0. The van der Waals surface area contributed by atoms with Gasteiger partial charge in [0.2, 0.25) is 15.9 Å². The van der Waals surface area contributed by atoms with Gasteiger partial charge in [-0.3, -0.25) is 4.79 Å². The van der Waals surface area contributed by atoms with E-state index >= 15 is 0 Å². The molecule has 0 fully saturated rings. The summed E-state index contributed by atoms with van der Waals surface area (Å²) in [5, 5.41) is 1.87. The fourth-order valence-electron chi connectivity index (χ4n) is 4.30. The van der Waals surface area contributed by atoms with E-state index in [0.717, 1.165) is 16.8 Å². The molecule has 3 aromatic rings. The van der Waals surface area contributed by atoms with Crippen molar-refractivity contribution in [2.75, 3.05) is 32.8 Å². The molecule has 0 bridgehead atoms. The van der Waals surface area contributed by atoms with Gasteiger partial charge in [0.25, 0.3) is 0 Å². The van der Waals surface area contributed by atoms with Gasteiger partial charge in [-0.25, -0.2) is 8.42 Å². The third-order valence-corrected chi connectivity index (χ3v) is 8.20. The summed E-state index contributed by atoms with van der Waals surface area (Å²) in [4.78, 5) is 15.4. The van der Waals surface area contributed by atoms with Crippen LogP contribution in [-0.2, 0) is 32.6 Å². The first kappa shape index (κ1) is 31.6. The molecule has 0 aliphatic carbocycles. The Kier molecular flexibility index (Phi) is 12.5. The number of carbonyl (C=O) groups excluding carboxylic acids is 1. The van der Waals surface area contributed by atoms with Gasteiger partial charge in [0.05, 0.1) is 13.1 Å². The predicted molar refractivity (Wildman–Crippen MR) is 162 cm³/mol. The van der Waals surface area contributed by atoms with E-state index in [1.165, 1.54) is 9.71 Å². The van der Waals surface area contributed by atoms with Gasteiger partial charge in [-0.15, -0.1) is 0 Å². The van der Waals surface area contributed by atoms with Crippen LogP contribution in [0, 0.1) is 5.92 Å². The number of halogens is 1. The quantitative estimate of drug-likeness (QED) is 0.196. The van der Waals surface area contributed by atoms with Crippen LogP contribution in [0.25, 0.3) is 6.08 Å². The van der Waals surface area contributed by atoms with Gasteiger partial charge < -0.3 is 14.2 Å². The first-order valence-corrected chi connectivity index (χ1v) is 15.5. The van der Waals surface area contributed by atoms with Gasteiger partial charge in [-0.1, -0.05) is 74.0 Å². The molecule has 1 heterocycles. The number of rotatable bonds is 16. The van der Waals surface area contributed by atoms with Crippen molar-refractivity contribution in [1.82, 2.24) is 13.8 Å².